The number of carbonyl (C=O) groups excluding carboxylic acids is 2. The van der Waals surface area contributed by atoms with E-state index in [1.54, 1.807) is 0 Å². The second-order valence-electron chi connectivity index (χ2n) is 5.50. The molecule has 0 radical (unpaired) electrons. The molecule has 1 aliphatic rings. The van der Waals surface area contributed by atoms with Gasteiger partial charge in [0.2, 0.25) is 0 Å². The fourth-order valence-electron chi connectivity index (χ4n) is 2.56. The molecule has 0 saturated heterocycles. The largest absolute Gasteiger partial charge is 0.481 e. The van der Waals surface area contributed by atoms with Crippen LogP contribution in [-0.4, -0.2) is 44.9 Å². The highest BCUT2D eigenvalue weighted by Crippen LogP contribution is 2.33. The maximum absolute atomic E-state index is 11.9. The number of Topliss-reactive ketones (excluding diaryl/α,β-unsaturated/α-hetero) is 1. The molecule has 128 valence electrons. The Morgan fingerprint density at radius 2 is 1.83 bits per heavy atom. The predicted molar refractivity (Wildman–Crippen MR) is 79.7 cm³/mol. The molecule has 0 spiro atoms. The summed E-state index contributed by atoms with van der Waals surface area (Å²) < 4.78 is 15.3. The average molecular weight is 328 g/mol. The highest BCUT2D eigenvalue weighted by molar-refractivity contribution is 5.90. The first-order valence-electron chi connectivity index (χ1n) is 8.37. The fraction of sp³-hybridized carbons (Fsp3) is 0.625. The third-order valence-electron chi connectivity index (χ3n) is 3.72. The third kappa shape index (κ3) is 6.73. The number of hydrogen-bond donors (Lipinski definition) is 3. The zero-order valence-electron chi connectivity index (χ0n) is 14.6. The number of ketones is 2. The normalized spacial score (nSPS) is 26.1. The molecule has 0 amide bonds. The van der Waals surface area contributed by atoms with Gasteiger partial charge in [-0.25, -0.2) is 0 Å². The van der Waals surface area contributed by atoms with Gasteiger partial charge in [-0.1, -0.05) is 6.08 Å². The summed E-state index contributed by atoms with van der Waals surface area (Å²) in [6.45, 7) is 0. The number of aliphatic carboxylic acids is 2. The molecule has 1 aliphatic carbocycles. The number of allylic oxidation sites excluding steroid dienone is 1. The number of aliphatic hydroxyl groups excluding tert-OH is 1. The van der Waals surface area contributed by atoms with Crippen molar-refractivity contribution >= 4 is 23.5 Å². The molecule has 0 heterocycles. The summed E-state index contributed by atoms with van der Waals surface area (Å²) in [6, 6.07) is 0. The van der Waals surface area contributed by atoms with E-state index < -0.39 is 54.9 Å². The zero-order chi connectivity index (χ0) is 19.2. The lowest BCUT2D eigenvalue weighted by Crippen LogP contribution is -2.19. The van der Waals surface area contributed by atoms with Gasteiger partial charge in [0.25, 0.3) is 0 Å². The molecular formula is C16H22O7. The minimum absolute atomic E-state index is 0.0634. The van der Waals surface area contributed by atoms with Gasteiger partial charge in [-0.3, -0.25) is 19.2 Å². The van der Waals surface area contributed by atoms with Crippen LogP contribution in [0.1, 0.15) is 47.6 Å². The summed E-state index contributed by atoms with van der Waals surface area (Å²) in [5.41, 5.74) is 0. The van der Waals surface area contributed by atoms with Crippen LogP contribution in [0.2, 0.25) is 0 Å². The van der Waals surface area contributed by atoms with E-state index in [4.69, 9.17) is 13.0 Å². The fourth-order valence-corrected chi connectivity index (χ4v) is 2.56. The van der Waals surface area contributed by atoms with Gasteiger partial charge >= 0.3 is 11.9 Å². The quantitative estimate of drug-likeness (QED) is 0.514. The van der Waals surface area contributed by atoms with Gasteiger partial charge in [-0.05, 0) is 25.3 Å². The van der Waals surface area contributed by atoms with Gasteiger partial charge < -0.3 is 15.3 Å². The van der Waals surface area contributed by atoms with Crippen LogP contribution in [0.3, 0.4) is 0 Å². The Morgan fingerprint density at radius 3 is 2.43 bits per heavy atom. The smallest absolute Gasteiger partial charge is 0.303 e. The molecular weight excluding hydrogens is 304 g/mol. The summed E-state index contributed by atoms with van der Waals surface area (Å²) in [5, 5.41) is 27.2. The summed E-state index contributed by atoms with van der Waals surface area (Å²) in [7, 11) is 0. The standard InChI is InChI=1S/C16H22O7/c17-10(3-1-2-4-15(20)21)5-6-11-12(7-8-16(22)23)14(19)9-13(11)18/h5-6,11-13,18H,1-4,7-9H2,(H,20,21)(H,22,23)/t11-,12-,13-/m1/s1/i1D2. The van der Waals surface area contributed by atoms with Gasteiger partial charge in [-0.2, -0.15) is 0 Å². The van der Waals surface area contributed by atoms with E-state index in [0.29, 0.717) is 0 Å². The van der Waals surface area contributed by atoms with E-state index in [-0.39, 0.29) is 31.5 Å². The highest BCUT2D eigenvalue weighted by atomic mass is 16.4. The molecule has 0 unspecified atom stereocenters. The molecule has 3 N–H and O–H groups in total. The van der Waals surface area contributed by atoms with E-state index in [9.17, 15) is 24.3 Å². The molecule has 0 aromatic heterocycles. The molecule has 3 atom stereocenters. The van der Waals surface area contributed by atoms with Crippen LogP contribution >= 0.6 is 0 Å². The van der Waals surface area contributed by atoms with E-state index in [2.05, 4.69) is 0 Å². The van der Waals surface area contributed by atoms with Gasteiger partial charge in [-0.15, -0.1) is 0 Å². The van der Waals surface area contributed by atoms with Crippen molar-refractivity contribution in [3.8, 4) is 0 Å². The number of aliphatic hydroxyl groups is 1. The van der Waals surface area contributed by atoms with E-state index >= 15 is 0 Å². The van der Waals surface area contributed by atoms with Gasteiger partial charge in [0, 0.05) is 40.3 Å². The van der Waals surface area contributed by atoms with Crippen molar-refractivity contribution in [2.45, 2.75) is 51.0 Å². The topological polar surface area (TPSA) is 129 Å². The van der Waals surface area contributed by atoms with Crippen molar-refractivity contribution in [2.24, 2.45) is 11.8 Å². The Kier molecular flexibility index (Phi) is 6.34. The van der Waals surface area contributed by atoms with E-state index in [0.717, 1.165) is 6.08 Å². The Balaban J connectivity index is 2.67. The third-order valence-corrected chi connectivity index (χ3v) is 3.72. The molecule has 1 rings (SSSR count). The molecule has 0 bridgehead atoms. The summed E-state index contributed by atoms with van der Waals surface area (Å²) in [4.78, 5) is 44.9. The minimum atomic E-state index is -1.97. The minimum Gasteiger partial charge on any atom is -0.481 e. The second-order valence-corrected chi connectivity index (χ2v) is 5.50. The number of carboxylic acid groups (broad SMARTS) is 2. The van der Waals surface area contributed by atoms with Crippen LogP contribution in [0, 0.1) is 11.8 Å². The molecule has 1 fully saturated rings. The number of carbonyl (C=O) groups is 4. The number of carboxylic acids is 2. The van der Waals surface area contributed by atoms with Crippen LogP contribution in [0.25, 0.3) is 0 Å². The average Bonchev–Trinajstić information content (AvgIpc) is 2.74. The Morgan fingerprint density at radius 1 is 1.17 bits per heavy atom. The molecule has 0 aromatic carbocycles. The lowest BCUT2D eigenvalue weighted by molar-refractivity contribution is -0.138. The molecule has 23 heavy (non-hydrogen) atoms. The summed E-state index contributed by atoms with van der Waals surface area (Å²) in [5.74, 6) is -4.41. The van der Waals surface area contributed by atoms with Crippen molar-refractivity contribution < 1.29 is 37.2 Å². The second kappa shape index (κ2) is 9.19. The van der Waals surface area contributed by atoms with Crippen molar-refractivity contribution in [1.82, 2.24) is 0 Å². The predicted octanol–water partition coefficient (Wildman–Crippen LogP) is 1.19. The number of hydrogen-bond acceptors (Lipinski definition) is 5. The van der Waals surface area contributed by atoms with Gasteiger partial charge in [0.15, 0.2) is 5.78 Å². The van der Waals surface area contributed by atoms with Crippen LogP contribution in [0.15, 0.2) is 12.2 Å². The summed E-state index contributed by atoms with van der Waals surface area (Å²) >= 11 is 0. The van der Waals surface area contributed by atoms with Crippen LogP contribution in [-0.2, 0) is 19.2 Å². The first-order chi connectivity index (χ1) is 11.5. The van der Waals surface area contributed by atoms with Crippen LogP contribution in [0.5, 0.6) is 0 Å². The molecule has 1 saturated carbocycles. The lowest BCUT2D eigenvalue weighted by Gasteiger charge is -2.16. The van der Waals surface area contributed by atoms with E-state index in [1.807, 2.05) is 0 Å². The monoisotopic (exact) mass is 328 g/mol. The number of rotatable bonds is 10. The maximum Gasteiger partial charge on any atom is 0.303 e. The first kappa shape index (κ1) is 15.9. The maximum atomic E-state index is 11.9. The van der Waals surface area contributed by atoms with Crippen molar-refractivity contribution in [3.63, 3.8) is 0 Å². The zero-order valence-corrected chi connectivity index (χ0v) is 12.6. The van der Waals surface area contributed by atoms with Gasteiger partial charge in [0.05, 0.1) is 6.10 Å². The van der Waals surface area contributed by atoms with Crippen LogP contribution in [0.4, 0.5) is 0 Å². The lowest BCUT2D eigenvalue weighted by atomic mass is 9.89. The Bertz CT molecular complexity index is 571. The SMILES string of the molecule is [2H]C([2H])(CCC(=O)O)CC(=O)C=C[C@H]1[C@H](O)CC(=O)[C@@H]1CCC(=O)O. The van der Waals surface area contributed by atoms with Crippen molar-refractivity contribution in [3.05, 3.63) is 12.2 Å². The first-order valence-corrected chi connectivity index (χ1v) is 7.37. The highest BCUT2D eigenvalue weighted by Gasteiger charge is 2.39. The van der Waals surface area contributed by atoms with Crippen LogP contribution < -0.4 is 0 Å². The van der Waals surface area contributed by atoms with Gasteiger partial charge in [0.1, 0.15) is 5.78 Å². The molecule has 7 heteroatoms. The Labute approximate surface area is 136 Å². The van der Waals surface area contributed by atoms with Crippen molar-refractivity contribution in [1.29, 1.82) is 0 Å². The Hall–Kier alpha value is -2.02. The van der Waals surface area contributed by atoms with E-state index in [1.165, 1.54) is 6.08 Å². The summed E-state index contributed by atoms with van der Waals surface area (Å²) in [6.07, 6.45) is -2.01. The molecule has 7 nitrogen and oxygen atoms in total. The molecule has 0 aliphatic heterocycles. The molecule has 0 aromatic rings. The van der Waals surface area contributed by atoms with Crippen molar-refractivity contribution in [2.75, 3.05) is 0 Å².